The van der Waals surface area contributed by atoms with Gasteiger partial charge in [-0.25, -0.2) is 0 Å². The maximum Gasteiger partial charge on any atom is 0.143 e. The molecule has 0 heterocycles. The summed E-state index contributed by atoms with van der Waals surface area (Å²) >= 11 is 0. The topological polar surface area (TPSA) is 51.2 Å². The normalized spacial score (nSPS) is 50.8. The van der Waals surface area contributed by atoms with Gasteiger partial charge in [0.2, 0.25) is 0 Å². The molecule has 3 aliphatic carbocycles. The van der Waals surface area contributed by atoms with Gasteiger partial charge < -0.3 is 0 Å². The molecule has 3 saturated carbocycles. The Morgan fingerprint density at radius 2 is 2.07 bits per heavy atom. The summed E-state index contributed by atoms with van der Waals surface area (Å²) in [5, 5.41) is 0. The van der Waals surface area contributed by atoms with Gasteiger partial charge in [-0.1, -0.05) is 6.92 Å². The van der Waals surface area contributed by atoms with Crippen molar-refractivity contribution < 1.29 is 14.4 Å². The summed E-state index contributed by atoms with van der Waals surface area (Å²) in [4.78, 5) is 34.9. The number of carbonyl (C=O) groups excluding carboxylic acids is 3. The van der Waals surface area contributed by atoms with Crippen LogP contribution in [0, 0.1) is 29.1 Å². The molecule has 0 spiro atoms. The fourth-order valence-electron chi connectivity index (χ4n) is 4.03. The number of hydrogen-bond acceptors (Lipinski definition) is 3. The Bertz CT molecular complexity index is 398. The molecule has 0 saturated heterocycles. The first-order chi connectivity index (χ1) is 6.97. The quantitative estimate of drug-likeness (QED) is 0.677. The maximum absolute atomic E-state index is 12.1. The highest BCUT2D eigenvalue weighted by Crippen LogP contribution is 2.71. The summed E-state index contributed by atoms with van der Waals surface area (Å²) in [5.41, 5.74) is -0.524. The molecule has 3 heteroatoms. The molecule has 0 bridgehead atoms. The highest BCUT2D eigenvalue weighted by Gasteiger charge is 2.77. The molecule has 3 rings (SSSR count). The first-order valence-corrected chi connectivity index (χ1v) is 5.53. The third-order valence-electron chi connectivity index (χ3n) is 4.63. The third-order valence-corrected chi connectivity index (χ3v) is 4.63. The van der Waals surface area contributed by atoms with Crippen molar-refractivity contribution >= 4 is 17.3 Å². The summed E-state index contributed by atoms with van der Waals surface area (Å²) in [7, 11) is 0. The van der Waals surface area contributed by atoms with E-state index in [-0.39, 0.29) is 35.1 Å². The molecule has 5 unspecified atom stereocenters. The predicted molar refractivity (Wildman–Crippen MR) is 52.0 cm³/mol. The van der Waals surface area contributed by atoms with Crippen molar-refractivity contribution in [3.8, 4) is 0 Å². The van der Waals surface area contributed by atoms with Crippen LogP contribution in [0.3, 0.4) is 0 Å². The zero-order chi connectivity index (χ0) is 11.0. The molecule has 15 heavy (non-hydrogen) atoms. The van der Waals surface area contributed by atoms with Gasteiger partial charge in [-0.05, 0) is 18.8 Å². The lowest BCUT2D eigenvalue weighted by molar-refractivity contribution is -0.133. The lowest BCUT2D eigenvalue weighted by Gasteiger charge is -2.28. The van der Waals surface area contributed by atoms with E-state index < -0.39 is 5.41 Å². The van der Waals surface area contributed by atoms with Crippen LogP contribution in [0.4, 0.5) is 0 Å². The number of ketones is 3. The van der Waals surface area contributed by atoms with E-state index >= 15 is 0 Å². The van der Waals surface area contributed by atoms with Gasteiger partial charge in [0.05, 0.1) is 0 Å². The molecule has 0 aromatic rings. The van der Waals surface area contributed by atoms with Gasteiger partial charge in [0.15, 0.2) is 0 Å². The first-order valence-electron chi connectivity index (χ1n) is 5.53. The van der Waals surface area contributed by atoms with Gasteiger partial charge in [0.25, 0.3) is 0 Å². The summed E-state index contributed by atoms with van der Waals surface area (Å²) in [5.74, 6) is 0.996. The second kappa shape index (κ2) is 2.39. The number of hydrogen-bond donors (Lipinski definition) is 0. The predicted octanol–water partition coefficient (Wildman–Crippen LogP) is 1.01. The molecular formula is C12H14O3. The first kappa shape index (κ1) is 9.25. The molecular weight excluding hydrogens is 192 g/mol. The van der Waals surface area contributed by atoms with E-state index in [2.05, 4.69) is 0 Å². The molecule has 0 radical (unpaired) electrons. The monoisotopic (exact) mass is 206 g/mol. The maximum atomic E-state index is 12.1. The van der Waals surface area contributed by atoms with Crippen LogP contribution in [0.5, 0.6) is 0 Å². The number of rotatable bonds is 2. The minimum absolute atomic E-state index is 0.0133. The Balaban J connectivity index is 1.96. The van der Waals surface area contributed by atoms with E-state index in [1.807, 2.05) is 6.92 Å². The minimum atomic E-state index is -0.524. The molecule has 3 fully saturated rings. The summed E-state index contributed by atoms with van der Waals surface area (Å²) in [6.45, 7) is 3.40. The van der Waals surface area contributed by atoms with Crippen molar-refractivity contribution in [3.05, 3.63) is 0 Å². The summed E-state index contributed by atoms with van der Waals surface area (Å²) in [6, 6.07) is 0. The Labute approximate surface area is 88.2 Å². The van der Waals surface area contributed by atoms with Crippen LogP contribution in [0.2, 0.25) is 0 Å². The Morgan fingerprint density at radius 1 is 1.40 bits per heavy atom. The van der Waals surface area contributed by atoms with E-state index in [9.17, 15) is 14.4 Å². The highest BCUT2D eigenvalue weighted by atomic mass is 16.1. The molecule has 0 amide bonds. The second-order valence-corrected chi connectivity index (χ2v) is 5.57. The average molecular weight is 206 g/mol. The van der Waals surface area contributed by atoms with Gasteiger partial charge in [-0.3, -0.25) is 14.4 Å². The van der Waals surface area contributed by atoms with Gasteiger partial charge in [0.1, 0.15) is 17.3 Å². The van der Waals surface area contributed by atoms with E-state index in [0.29, 0.717) is 18.8 Å². The van der Waals surface area contributed by atoms with Crippen molar-refractivity contribution in [3.63, 3.8) is 0 Å². The van der Waals surface area contributed by atoms with Crippen LogP contribution in [0.15, 0.2) is 0 Å². The number of carbonyl (C=O) groups is 3. The highest BCUT2D eigenvalue weighted by molar-refractivity contribution is 6.06. The fraction of sp³-hybridized carbons (Fsp3) is 0.750. The summed E-state index contributed by atoms with van der Waals surface area (Å²) in [6.07, 6.45) is 0.852. The van der Waals surface area contributed by atoms with E-state index in [4.69, 9.17) is 0 Å². The molecule has 0 aromatic heterocycles. The van der Waals surface area contributed by atoms with Crippen molar-refractivity contribution in [2.45, 2.75) is 26.7 Å². The lowest BCUT2D eigenvalue weighted by Crippen LogP contribution is -2.33. The van der Waals surface area contributed by atoms with Crippen LogP contribution >= 0.6 is 0 Å². The van der Waals surface area contributed by atoms with E-state index in [0.717, 1.165) is 0 Å². The van der Waals surface area contributed by atoms with Crippen molar-refractivity contribution in [1.29, 1.82) is 0 Å². The SMILES string of the molecule is CC(=O)CC1(C)C(=O)C2C3C(=O)CC1C32. The van der Waals surface area contributed by atoms with Crippen LogP contribution in [-0.4, -0.2) is 17.3 Å². The molecule has 5 atom stereocenters. The van der Waals surface area contributed by atoms with Crippen LogP contribution in [0.1, 0.15) is 26.7 Å². The second-order valence-electron chi connectivity index (χ2n) is 5.57. The Hall–Kier alpha value is -0.990. The standard InChI is InChI=1S/C12H14O3/c1-5(13)4-12(2)6-3-7(14)9-8(6)10(9)11(12)15/h6,8-10H,3-4H2,1-2H3. The average Bonchev–Trinajstić information content (AvgIpc) is 2.72. The van der Waals surface area contributed by atoms with Crippen molar-refractivity contribution in [2.75, 3.05) is 0 Å². The van der Waals surface area contributed by atoms with Gasteiger partial charge in [0, 0.05) is 30.1 Å². The molecule has 0 N–H and O–H groups in total. The molecule has 0 aliphatic heterocycles. The number of fused-ring (bicyclic) bond motifs is 1. The van der Waals surface area contributed by atoms with E-state index in [1.54, 1.807) is 0 Å². The molecule has 80 valence electrons. The zero-order valence-electron chi connectivity index (χ0n) is 8.95. The van der Waals surface area contributed by atoms with E-state index in [1.165, 1.54) is 6.92 Å². The summed E-state index contributed by atoms with van der Waals surface area (Å²) < 4.78 is 0. The smallest absolute Gasteiger partial charge is 0.143 e. The van der Waals surface area contributed by atoms with Crippen LogP contribution < -0.4 is 0 Å². The van der Waals surface area contributed by atoms with Crippen LogP contribution in [-0.2, 0) is 14.4 Å². The fourth-order valence-corrected chi connectivity index (χ4v) is 4.03. The van der Waals surface area contributed by atoms with Crippen molar-refractivity contribution in [2.24, 2.45) is 29.1 Å². The Kier molecular flexibility index (Phi) is 1.48. The molecule has 3 aliphatic rings. The minimum Gasteiger partial charge on any atom is -0.300 e. The van der Waals surface area contributed by atoms with Crippen LogP contribution in [0.25, 0.3) is 0 Å². The van der Waals surface area contributed by atoms with Crippen molar-refractivity contribution in [1.82, 2.24) is 0 Å². The Morgan fingerprint density at radius 3 is 2.60 bits per heavy atom. The number of Topliss-reactive ketones (excluding diaryl/α,β-unsaturated/α-hetero) is 3. The largest absolute Gasteiger partial charge is 0.300 e. The zero-order valence-corrected chi connectivity index (χ0v) is 8.95. The molecule has 0 aromatic carbocycles. The van der Waals surface area contributed by atoms with Gasteiger partial charge >= 0.3 is 0 Å². The molecule has 3 nitrogen and oxygen atoms in total. The van der Waals surface area contributed by atoms with Gasteiger partial charge in [-0.15, -0.1) is 0 Å². The third kappa shape index (κ3) is 0.894. The lowest BCUT2D eigenvalue weighted by atomic mass is 9.73. The van der Waals surface area contributed by atoms with Gasteiger partial charge in [-0.2, -0.15) is 0 Å².